The molecule has 3 heterocycles. The lowest BCUT2D eigenvalue weighted by atomic mass is 9.90. The summed E-state index contributed by atoms with van der Waals surface area (Å²) < 4.78 is 16.5. The molecule has 0 radical (unpaired) electrons. The summed E-state index contributed by atoms with van der Waals surface area (Å²) in [5.41, 5.74) is 2.48. The maximum absolute atomic E-state index is 5.61. The molecule has 2 aliphatic heterocycles. The number of nitrogens with zero attached hydrogens (tertiary/aromatic N) is 2. The minimum Gasteiger partial charge on any atom is -0.481 e. The molecule has 5 nitrogen and oxygen atoms in total. The zero-order valence-electron chi connectivity index (χ0n) is 17.4. The smallest absolute Gasteiger partial charge is 0.231 e. The first-order valence-electron chi connectivity index (χ1n) is 10.9. The monoisotopic (exact) mass is 396 g/mol. The fraction of sp³-hybridized carbons (Fsp3) is 0.542. The van der Waals surface area contributed by atoms with Crippen LogP contribution < -0.4 is 14.2 Å². The largest absolute Gasteiger partial charge is 0.481 e. The van der Waals surface area contributed by atoms with Gasteiger partial charge in [0.2, 0.25) is 12.7 Å². The maximum Gasteiger partial charge on any atom is 0.231 e. The van der Waals surface area contributed by atoms with Crippen molar-refractivity contribution in [3.05, 3.63) is 47.7 Å². The van der Waals surface area contributed by atoms with Gasteiger partial charge in [-0.05, 0) is 62.4 Å². The van der Waals surface area contributed by atoms with E-state index in [0.717, 1.165) is 36.3 Å². The first kappa shape index (κ1) is 20.0. The van der Waals surface area contributed by atoms with E-state index in [0.29, 0.717) is 6.79 Å². The molecule has 5 heteroatoms. The number of likely N-dealkylation sites (tertiary alicyclic amines) is 1. The number of pyridine rings is 1. The molecule has 0 amide bonds. The molecule has 0 saturated carbocycles. The van der Waals surface area contributed by atoms with Crippen LogP contribution in [0.2, 0.25) is 0 Å². The van der Waals surface area contributed by atoms with Gasteiger partial charge in [-0.1, -0.05) is 37.5 Å². The molecular weight excluding hydrogens is 364 g/mol. The minimum atomic E-state index is 0.360. The Morgan fingerprint density at radius 2 is 1.90 bits per heavy atom. The molecule has 0 unspecified atom stereocenters. The summed E-state index contributed by atoms with van der Waals surface area (Å²) >= 11 is 0. The molecule has 1 fully saturated rings. The summed E-state index contributed by atoms with van der Waals surface area (Å²) in [5, 5.41) is 0. The van der Waals surface area contributed by atoms with Gasteiger partial charge in [-0.25, -0.2) is 4.98 Å². The number of para-hydroxylation sites is 1. The van der Waals surface area contributed by atoms with Crippen LogP contribution in [0.1, 0.15) is 49.7 Å². The van der Waals surface area contributed by atoms with Crippen molar-refractivity contribution in [2.45, 2.75) is 51.5 Å². The fourth-order valence-corrected chi connectivity index (χ4v) is 4.52. The zero-order valence-corrected chi connectivity index (χ0v) is 17.4. The van der Waals surface area contributed by atoms with E-state index in [1.54, 1.807) is 13.3 Å². The van der Waals surface area contributed by atoms with E-state index in [1.807, 2.05) is 12.1 Å². The minimum absolute atomic E-state index is 0.360. The molecule has 1 aromatic carbocycles. The van der Waals surface area contributed by atoms with E-state index in [1.165, 1.54) is 62.7 Å². The summed E-state index contributed by atoms with van der Waals surface area (Å²) in [5.74, 6) is 3.50. The van der Waals surface area contributed by atoms with Gasteiger partial charge in [0.05, 0.1) is 7.11 Å². The lowest BCUT2D eigenvalue weighted by molar-refractivity contribution is 0.168. The molecule has 2 aromatic rings. The molecule has 0 aliphatic carbocycles. The lowest BCUT2D eigenvalue weighted by Gasteiger charge is -2.32. The molecule has 4 rings (SSSR count). The topological polar surface area (TPSA) is 43.8 Å². The Labute approximate surface area is 174 Å². The van der Waals surface area contributed by atoms with E-state index in [9.17, 15) is 0 Å². The van der Waals surface area contributed by atoms with E-state index in [-0.39, 0.29) is 0 Å². The van der Waals surface area contributed by atoms with E-state index >= 15 is 0 Å². The van der Waals surface area contributed by atoms with Gasteiger partial charge >= 0.3 is 0 Å². The Hall–Kier alpha value is -2.27. The van der Waals surface area contributed by atoms with Gasteiger partial charge in [-0.3, -0.25) is 4.90 Å². The molecular formula is C24H32N2O3. The highest BCUT2D eigenvalue weighted by Crippen LogP contribution is 2.36. The third-order valence-corrected chi connectivity index (χ3v) is 6.18. The van der Waals surface area contributed by atoms with Crippen LogP contribution in [0.3, 0.4) is 0 Å². The Balaban J connectivity index is 1.13. The SMILES string of the molecule is COc1ncccc1CN1CCC(CCCCCc2cccc3c2OCO3)CC1. The molecule has 1 aromatic heterocycles. The second-order valence-corrected chi connectivity index (χ2v) is 8.14. The van der Waals surface area contributed by atoms with Gasteiger partial charge in [0.1, 0.15) is 0 Å². The average Bonchev–Trinajstić information content (AvgIpc) is 3.25. The van der Waals surface area contributed by atoms with Crippen LogP contribution in [0.25, 0.3) is 0 Å². The van der Waals surface area contributed by atoms with E-state index in [4.69, 9.17) is 14.2 Å². The molecule has 0 N–H and O–H groups in total. The van der Waals surface area contributed by atoms with Gasteiger partial charge in [-0.2, -0.15) is 0 Å². The zero-order chi connectivity index (χ0) is 19.9. The molecule has 0 atom stereocenters. The Bertz CT molecular complexity index is 787. The fourth-order valence-electron chi connectivity index (χ4n) is 4.52. The third kappa shape index (κ3) is 5.21. The van der Waals surface area contributed by atoms with E-state index < -0.39 is 0 Å². The van der Waals surface area contributed by atoms with E-state index in [2.05, 4.69) is 28.1 Å². The quantitative estimate of drug-likeness (QED) is 0.568. The van der Waals surface area contributed by atoms with Crippen LogP contribution in [0.5, 0.6) is 17.4 Å². The maximum atomic E-state index is 5.61. The number of fused-ring (bicyclic) bond motifs is 1. The second kappa shape index (κ2) is 9.97. The summed E-state index contributed by atoms with van der Waals surface area (Å²) in [4.78, 5) is 6.85. The number of ether oxygens (including phenoxy) is 3. The van der Waals surface area contributed by atoms with Crippen molar-refractivity contribution in [3.63, 3.8) is 0 Å². The highest BCUT2D eigenvalue weighted by atomic mass is 16.7. The Morgan fingerprint density at radius 1 is 1.03 bits per heavy atom. The normalized spacial score (nSPS) is 16.9. The van der Waals surface area contributed by atoms with Crippen LogP contribution in [-0.2, 0) is 13.0 Å². The number of hydrogen-bond acceptors (Lipinski definition) is 5. The standard InChI is InChI=1S/C24H32N2O3/c1-27-24-21(10-6-14-25-24)17-26-15-12-19(13-16-26)7-3-2-4-8-20-9-5-11-22-23(20)29-18-28-22/h5-6,9-11,14,19H,2-4,7-8,12-13,15-18H2,1H3. The third-order valence-electron chi connectivity index (χ3n) is 6.18. The predicted molar refractivity (Wildman–Crippen MR) is 114 cm³/mol. The summed E-state index contributed by atoms with van der Waals surface area (Å²) in [6.07, 6.45) is 10.7. The van der Waals surface area contributed by atoms with Crippen LogP contribution in [0.15, 0.2) is 36.5 Å². The van der Waals surface area contributed by atoms with Crippen molar-refractivity contribution in [1.82, 2.24) is 9.88 Å². The summed E-state index contributed by atoms with van der Waals surface area (Å²) in [6.45, 7) is 3.65. The number of piperidine rings is 1. The molecule has 156 valence electrons. The van der Waals surface area contributed by atoms with Gasteiger partial charge in [0, 0.05) is 18.3 Å². The molecule has 2 aliphatic rings. The summed E-state index contributed by atoms with van der Waals surface area (Å²) in [7, 11) is 1.70. The number of aryl methyl sites for hydroxylation is 1. The number of rotatable bonds is 9. The molecule has 29 heavy (non-hydrogen) atoms. The van der Waals surface area contributed by atoms with Crippen molar-refractivity contribution in [3.8, 4) is 17.4 Å². The van der Waals surface area contributed by atoms with Crippen molar-refractivity contribution in [2.75, 3.05) is 27.0 Å². The second-order valence-electron chi connectivity index (χ2n) is 8.14. The first-order chi connectivity index (χ1) is 14.3. The van der Waals surface area contributed by atoms with Gasteiger partial charge < -0.3 is 14.2 Å². The van der Waals surface area contributed by atoms with Crippen LogP contribution in [-0.4, -0.2) is 36.9 Å². The van der Waals surface area contributed by atoms with Crippen LogP contribution >= 0.6 is 0 Å². The molecule has 1 saturated heterocycles. The highest BCUT2D eigenvalue weighted by Gasteiger charge is 2.20. The number of hydrogen-bond donors (Lipinski definition) is 0. The summed E-state index contributed by atoms with van der Waals surface area (Å²) in [6, 6.07) is 10.3. The average molecular weight is 397 g/mol. The van der Waals surface area contributed by atoms with Crippen LogP contribution in [0.4, 0.5) is 0 Å². The van der Waals surface area contributed by atoms with Crippen molar-refractivity contribution < 1.29 is 14.2 Å². The van der Waals surface area contributed by atoms with Crippen molar-refractivity contribution in [1.29, 1.82) is 0 Å². The van der Waals surface area contributed by atoms with Crippen molar-refractivity contribution in [2.24, 2.45) is 5.92 Å². The van der Waals surface area contributed by atoms with Gasteiger partial charge in [-0.15, -0.1) is 0 Å². The first-order valence-corrected chi connectivity index (χ1v) is 10.9. The van der Waals surface area contributed by atoms with Gasteiger partial charge in [0.15, 0.2) is 11.5 Å². The number of aromatic nitrogens is 1. The number of unbranched alkanes of at least 4 members (excludes halogenated alkanes) is 2. The predicted octanol–water partition coefficient (Wildman–Crippen LogP) is 4.83. The van der Waals surface area contributed by atoms with Gasteiger partial charge in [0.25, 0.3) is 0 Å². The number of benzene rings is 1. The Morgan fingerprint density at radius 3 is 2.76 bits per heavy atom. The Kier molecular flexibility index (Phi) is 6.88. The van der Waals surface area contributed by atoms with Crippen LogP contribution in [0, 0.1) is 5.92 Å². The molecule has 0 spiro atoms. The number of methoxy groups -OCH3 is 1. The highest BCUT2D eigenvalue weighted by molar-refractivity contribution is 5.48. The van der Waals surface area contributed by atoms with Crippen molar-refractivity contribution >= 4 is 0 Å². The lowest BCUT2D eigenvalue weighted by Crippen LogP contribution is -2.33. The molecule has 0 bridgehead atoms.